The van der Waals surface area contributed by atoms with E-state index in [0.29, 0.717) is 24.2 Å². The largest absolute Gasteiger partial charge is 0.507 e. The minimum Gasteiger partial charge on any atom is -0.507 e. The molecule has 7 nitrogen and oxygen atoms in total. The van der Waals surface area contributed by atoms with Crippen LogP contribution in [0.4, 0.5) is 0 Å². The topological polar surface area (TPSA) is 99.1 Å². The molecule has 0 saturated heterocycles. The Morgan fingerprint density at radius 3 is 2.63 bits per heavy atom. The number of Topliss-reactive ketones (excluding diaryl/α,β-unsaturated/α-hetero) is 1. The predicted molar refractivity (Wildman–Crippen MR) is 134 cm³/mol. The van der Waals surface area contributed by atoms with Crippen LogP contribution < -0.4 is 4.89 Å². The van der Waals surface area contributed by atoms with E-state index in [-0.39, 0.29) is 57.8 Å². The first-order valence-electron chi connectivity index (χ1n) is 11.8. The molecule has 1 saturated carbocycles. The van der Waals surface area contributed by atoms with Crippen LogP contribution in [-0.4, -0.2) is 36.4 Å². The van der Waals surface area contributed by atoms with Gasteiger partial charge in [0, 0.05) is 17.9 Å². The fraction of sp³-hybridized carbons (Fsp3) is 0.519. The number of benzene rings is 1. The lowest BCUT2D eigenvalue weighted by molar-refractivity contribution is -0.216. The predicted octanol–water partition coefficient (Wildman–Crippen LogP) is 5.73. The van der Waals surface area contributed by atoms with Crippen molar-refractivity contribution in [3.05, 3.63) is 45.5 Å². The molecule has 0 aliphatic heterocycles. The average molecular weight is 507 g/mol. The van der Waals surface area contributed by atoms with Gasteiger partial charge in [0.1, 0.15) is 11.5 Å². The summed E-state index contributed by atoms with van der Waals surface area (Å²) < 4.78 is 4.80. The Morgan fingerprint density at radius 1 is 1.31 bits per heavy atom. The molecule has 1 N–H and O–H groups in total. The van der Waals surface area contributed by atoms with Crippen LogP contribution in [0.2, 0.25) is 5.02 Å². The molecule has 2 rings (SSSR count). The Balaban J connectivity index is 2.32. The van der Waals surface area contributed by atoms with Gasteiger partial charge in [0.15, 0.2) is 18.6 Å². The van der Waals surface area contributed by atoms with Crippen LogP contribution in [0.15, 0.2) is 23.8 Å². The number of aldehydes is 1. The minimum atomic E-state index is -0.616. The molecule has 0 spiro atoms. The number of ether oxygens (including phenoxy) is 1. The Morgan fingerprint density at radius 2 is 2.00 bits per heavy atom. The Hall–Kier alpha value is -2.64. The lowest BCUT2D eigenvalue weighted by atomic mass is 9.61. The molecule has 1 aliphatic rings. The molecule has 1 fully saturated rings. The lowest BCUT2D eigenvalue weighted by Gasteiger charge is -2.42. The number of phenolic OH excluding ortho intramolecular Hbond substituents is 1. The second-order valence-corrected chi connectivity index (χ2v) is 9.63. The average Bonchev–Trinajstić information content (AvgIpc) is 2.82. The third kappa shape index (κ3) is 6.53. The molecule has 8 heteroatoms. The van der Waals surface area contributed by atoms with Crippen LogP contribution in [-0.2, 0) is 25.6 Å². The minimum absolute atomic E-state index is 0.0247. The zero-order valence-corrected chi connectivity index (χ0v) is 22.0. The van der Waals surface area contributed by atoms with Gasteiger partial charge in [-0.3, -0.25) is 9.59 Å². The summed E-state index contributed by atoms with van der Waals surface area (Å²) >= 11 is 6.42. The molecule has 3 atom stereocenters. The van der Waals surface area contributed by atoms with Gasteiger partial charge in [-0.25, -0.2) is 4.79 Å². The SMILES string of the molecule is CCOC(=O)COOc1c(Cl)c(C)c(C=O)c(O)c1C/C=C(C)/C=C/C1(C)C(C)CCC(=O)C1C. The van der Waals surface area contributed by atoms with Gasteiger partial charge in [0.05, 0.1) is 17.2 Å². The third-order valence-electron chi connectivity index (χ3n) is 7.12. The Labute approximate surface area is 212 Å². The first kappa shape index (κ1) is 28.6. The van der Waals surface area contributed by atoms with E-state index >= 15 is 0 Å². The quantitative estimate of drug-likeness (QED) is 0.142. The second-order valence-electron chi connectivity index (χ2n) is 9.26. The van der Waals surface area contributed by atoms with Gasteiger partial charge >= 0.3 is 5.97 Å². The first-order valence-corrected chi connectivity index (χ1v) is 12.2. The maximum atomic E-state index is 12.3. The highest BCUT2D eigenvalue weighted by Crippen LogP contribution is 2.45. The highest BCUT2D eigenvalue weighted by molar-refractivity contribution is 6.33. The van der Waals surface area contributed by atoms with E-state index < -0.39 is 12.6 Å². The molecule has 192 valence electrons. The van der Waals surface area contributed by atoms with E-state index in [0.717, 1.165) is 12.0 Å². The summed E-state index contributed by atoms with van der Waals surface area (Å²) in [5.41, 5.74) is 1.28. The number of ketones is 1. The van der Waals surface area contributed by atoms with Crippen molar-refractivity contribution in [1.29, 1.82) is 0 Å². The van der Waals surface area contributed by atoms with E-state index in [9.17, 15) is 19.5 Å². The highest BCUT2D eigenvalue weighted by atomic mass is 35.5. The Bertz CT molecular complexity index is 1030. The molecule has 1 aromatic rings. The molecule has 0 radical (unpaired) electrons. The van der Waals surface area contributed by atoms with Crippen molar-refractivity contribution in [3.8, 4) is 11.5 Å². The fourth-order valence-corrected chi connectivity index (χ4v) is 4.49. The van der Waals surface area contributed by atoms with Crippen LogP contribution in [0.5, 0.6) is 11.5 Å². The van der Waals surface area contributed by atoms with E-state index in [4.69, 9.17) is 26.1 Å². The van der Waals surface area contributed by atoms with Gasteiger partial charge in [0.2, 0.25) is 0 Å². The molecule has 0 heterocycles. The normalized spacial score (nSPS) is 22.9. The maximum Gasteiger partial charge on any atom is 0.336 e. The van der Waals surface area contributed by atoms with E-state index in [1.807, 2.05) is 26.0 Å². The van der Waals surface area contributed by atoms with Crippen LogP contribution in [0.25, 0.3) is 0 Å². The van der Waals surface area contributed by atoms with Gasteiger partial charge in [-0.2, -0.15) is 4.89 Å². The number of hydrogen-bond acceptors (Lipinski definition) is 7. The summed E-state index contributed by atoms with van der Waals surface area (Å²) in [6.45, 7) is 11.1. The highest BCUT2D eigenvalue weighted by Gasteiger charge is 2.41. The van der Waals surface area contributed by atoms with Crippen molar-refractivity contribution in [2.45, 2.75) is 60.8 Å². The second kappa shape index (κ2) is 12.4. The summed E-state index contributed by atoms with van der Waals surface area (Å²) in [5, 5.41) is 10.9. The van der Waals surface area contributed by atoms with Crippen LogP contribution in [0.3, 0.4) is 0 Å². The zero-order chi connectivity index (χ0) is 26.3. The van der Waals surface area contributed by atoms with Gasteiger partial charge in [0.25, 0.3) is 0 Å². The number of carbonyl (C=O) groups excluding carboxylic acids is 3. The van der Waals surface area contributed by atoms with Crippen molar-refractivity contribution in [2.75, 3.05) is 13.2 Å². The maximum absolute atomic E-state index is 12.3. The van der Waals surface area contributed by atoms with Gasteiger partial charge in [-0.15, -0.1) is 0 Å². The summed E-state index contributed by atoms with van der Waals surface area (Å²) in [6, 6.07) is 0. The molecule has 0 bridgehead atoms. The number of rotatable bonds is 10. The van der Waals surface area contributed by atoms with Gasteiger partial charge < -0.3 is 14.7 Å². The summed E-state index contributed by atoms with van der Waals surface area (Å²) in [6.07, 6.45) is 8.11. The number of allylic oxidation sites excluding steroid dienone is 4. The number of halogens is 1. The number of esters is 1. The third-order valence-corrected chi connectivity index (χ3v) is 7.58. The number of aromatic hydroxyl groups is 1. The summed E-state index contributed by atoms with van der Waals surface area (Å²) in [5.74, 6) is -0.280. The molecule has 35 heavy (non-hydrogen) atoms. The van der Waals surface area contributed by atoms with Gasteiger partial charge in [-0.1, -0.05) is 56.2 Å². The van der Waals surface area contributed by atoms with Crippen LogP contribution >= 0.6 is 11.6 Å². The van der Waals surface area contributed by atoms with Crippen LogP contribution in [0.1, 0.15) is 68.9 Å². The molecule has 0 amide bonds. The number of carbonyl (C=O) groups is 3. The summed E-state index contributed by atoms with van der Waals surface area (Å²) in [7, 11) is 0. The number of phenols is 1. The van der Waals surface area contributed by atoms with E-state index in [1.165, 1.54) is 0 Å². The lowest BCUT2D eigenvalue weighted by Crippen LogP contribution is -2.40. The van der Waals surface area contributed by atoms with Crippen molar-refractivity contribution in [1.82, 2.24) is 0 Å². The molecular weight excluding hydrogens is 472 g/mol. The smallest absolute Gasteiger partial charge is 0.336 e. The van der Waals surface area contributed by atoms with E-state index in [1.54, 1.807) is 13.8 Å². The van der Waals surface area contributed by atoms with Crippen LogP contribution in [0, 0.1) is 24.2 Å². The standard InChI is InChI=1S/C27H35ClO7/c1-7-33-23(31)15-34-35-26-20(25(32)21(14-29)18(4)24(26)28)10-8-16(2)12-13-27(6)17(3)9-11-22(30)19(27)5/h8,12-14,17,19,32H,7,9-11,15H2,1-6H3/b13-12+,16-8+. The molecule has 3 unspecified atom stereocenters. The van der Waals surface area contributed by atoms with Crippen molar-refractivity contribution in [3.63, 3.8) is 0 Å². The monoisotopic (exact) mass is 506 g/mol. The Kier molecular flexibility index (Phi) is 10.1. The molecular formula is C27H35ClO7. The van der Waals surface area contributed by atoms with Gasteiger partial charge in [-0.05, 0) is 50.5 Å². The zero-order valence-electron chi connectivity index (χ0n) is 21.3. The van der Waals surface area contributed by atoms with Crippen molar-refractivity contribution in [2.24, 2.45) is 17.3 Å². The number of hydrogen-bond donors (Lipinski definition) is 1. The molecule has 0 aromatic heterocycles. The molecule has 1 aromatic carbocycles. The molecule has 1 aliphatic carbocycles. The van der Waals surface area contributed by atoms with E-state index in [2.05, 4.69) is 19.9 Å². The summed E-state index contributed by atoms with van der Waals surface area (Å²) in [4.78, 5) is 45.7. The fourth-order valence-electron chi connectivity index (χ4n) is 4.24. The van der Waals surface area contributed by atoms with Crippen molar-refractivity contribution >= 4 is 29.6 Å². The first-order chi connectivity index (χ1) is 16.5. The van der Waals surface area contributed by atoms with Crippen molar-refractivity contribution < 1.29 is 34.0 Å².